The van der Waals surface area contributed by atoms with Crippen molar-refractivity contribution < 1.29 is 19.2 Å². The highest BCUT2D eigenvalue weighted by Crippen LogP contribution is 2.53. The number of nitrogens with two attached hydrogens (primary N) is 1. The smallest absolute Gasteiger partial charge is 0.250 e. The van der Waals surface area contributed by atoms with Gasteiger partial charge in [-0.25, -0.2) is 0 Å². The molecule has 0 bridgehead atoms. The topological polar surface area (TPSA) is 122 Å². The summed E-state index contributed by atoms with van der Waals surface area (Å²) in [5.74, 6) is -3.20. The molecule has 0 saturated carbocycles. The number of primary amides is 1. The first-order valence-electron chi connectivity index (χ1n) is 8.85. The van der Waals surface area contributed by atoms with Crippen molar-refractivity contribution >= 4 is 29.3 Å². The van der Waals surface area contributed by atoms with Crippen LogP contribution in [-0.4, -0.2) is 41.1 Å². The van der Waals surface area contributed by atoms with Gasteiger partial charge >= 0.3 is 0 Å². The number of benzene rings is 1. The molecule has 3 aliphatic rings. The van der Waals surface area contributed by atoms with Crippen LogP contribution in [0.4, 0.5) is 5.69 Å². The quantitative estimate of drug-likeness (QED) is 0.493. The summed E-state index contributed by atoms with van der Waals surface area (Å²) in [4.78, 5) is 51.6. The van der Waals surface area contributed by atoms with Crippen molar-refractivity contribution in [3.8, 4) is 0 Å². The lowest BCUT2D eigenvalue weighted by molar-refractivity contribution is -0.142. The fraction of sp³-hybridized carbons (Fsp3) is 0.368. The maximum atomic E-state index is 13.1. The van der Waals surface area contributed by atoms with Gasteiger partial charge in [-0.3, -0.25) is 29.4 Å². The molecule has 1 aromatic rings. The predicted molar refractivity (Wildman–Crippen MR) is 96.0 cm³/mol. The van der Waals surface area contributed by atoms with E-state index in [1.807, 2.05) is 0 Å². The normalized spacial score (nSPS) is 31.2. The van der Waals surface area contributed by atoms with E-state index in [4.69, 9.17) is 5.73 Å². The van der Waals surface area contributed by atoms with E-state index in [-0.39, 0.29) is 31.2 Å². The van der Waals surface area contributed by atoms with Crippen LogP contribution in [0.25, 0.3) is 0 Å². The van der Waals surface area contributed by atoms with Crippen molar-refractivity contribution in [3.05, 3.63) is 42.5 Å². The summed E-state index contributed by atoms with van der Waals surface area (Å²) in [5, 5.41) is 6.05. The summed E-state index contributed by atoms with van der Waals surface area (Å²) in [7, 11) is 0. The molecule has 4 N–H and O–H groups in total. The zero-order valence-corrected chi connectivity index (χ0v) is 14.6. The third-order valence-corrected chi connectivity index (χ3v) is 5.73. The molecule has 8 nitrogen and oxygen atoms in total. The Hall–Kier alpha value is -3.00. The summed E-state index contributed by atoms with van der Waals surface area (Å²) >= 11 is 0. The average Bonchev–Trinajstić information content (AvgIpc) is 3.21. The number of nitrogens with zero attached hydrogens (tertiary/aromatic N) is 1. The number of amides is 4. The highest BCUT2D eigenvalue weighted by molar-refractivity contribution is 6.15. The molecule has 0 radical (unpaired) electrons. The number of carbonyl (C=O) groups excluding carboxylic acids is 4. The number of hydrogen-bond donors (Lipinski definition) is 3. The number of para-hydroxylation sites is 1. The number of nitrogens with one attached hydrogen (secondary N) is 2. The van der Waals surface area contributed by atoms with Gasteiger partial charge in [0.15, 0.2) is 0 Å². The van der Waals surface area contributed by atoms with E-state index in [9.17, 15) is 19.2 Å². The van der Waals surface area contributed by atoms with Gasteiger partial charge in [-0.15, -0.1) is 6.58 Å². The Kier molecular flexibility index (Phi) is 3.88. The summed E-state index contributed by atoms with van der Waals surface area (Å²) < 4.78 is 0. The van der Waals surface area contributed by atoms with E-state index in [1.165, 1.54) is 6.08 Å². The Labute approximate surface area is 155 Å². The van der Waals surface area contributed by atoms with E-state index in [1.54, 1.807) is 24.3 Å². The molecular weight excluding hydrogens is 348 g/mol. The molecule has 1 aromatic carbocycles. The van der Waals surface area contributed by atoms with Gasteiger partial charge in [0.2, 0.25) is 23.6 Å². The van der Waals surface area contributed by atoms with E-state index < -0.39 is 35.2 Å². The summed E-state index contributed by atoms with van der Waals surface area (Å²) in [6, 6.07) is 6.61. The second-order valence-electron chi connectivity index (χ2n) is 7.14. The lowest BCUT2D eigenvalue weighted by Crippen LogP contribution is -2.53. The first-order valence-corrected chi connectivity index (χ1v) is 8.85. The van der Waals surface area contributed by atoms with Crippen molar-refractivity contribution in [1.29, 1.82) is 0 Å². The first kappa shape index (κ1) is 17.4. The van der Waals surface area contributed by atoms with Gasteiger partial charge in [0.1, 0.15) is 5.54 Å². The Bertz CT molecular complexity index is 882. The van der Waals surface area contributed by atoms with Gasteiger partial charge in [0.25, 0.3) is 0 Å². The number of anilines is 1. The van der Waals surface area contributed by atoms with Gasteiger partial charge in [-0.05, 0) is 12.5 Å². The van der Waals surface area contributed by atoms with Gasteiger partial charge in [0.05, 0.1) is 11.8 Å². The van der Waals surface area contributed by atoms with Gasteiger partial charge < -0.3 is 11.1 Å². The molecule has 140 valence electrons. The van der Waals surface area contributed by atoms with Crippen LogP contribution in [0.2, 0.25) is 0 Å². The number of fused-ring (bicyclic) bond motifs is 4. The standard InChI is InChI=1S/C19H20N4O4/c1-2-9-23-16(25)14-12(7-8-13(20)24)22-19(15(14)17(23)26)10-5-3-4-6-11(10)21-18(19)27/h2-6,12,14-15,22H,1,7-9H2,(H2,20,24)(H,21,27)/t12-,14+,15-,19-/m0/s1. The van der Waals surface area contributed by atoms with Crippen molar-refractivity contribution in [2.75, 3.05) is 11.9 Å². The lowest BCUT2D eigenvalue weighted by Gasteiger charge is -2.29. The minimum Gasteiger partial charge on any atom is -0.370 e. The van der Waals surface area contributed by atoms with Crippen LogP contribution in [0, 0.1) is 11.8 Å². The van der Waals surface area contributed by atoms with Gasteiger partial charge in [-0.2, -0.15) is 0 Å². The second-order valence-corrected chi connectivity index (χ2v) is 7.14. The molecule has 4 atom stereocenters. The Morgan fingerprint density at radius 1 is 1.26 bits per heavy atom. The van der Waals surface area contributed by atoms with E-state index >= 15 is 0 Å². The van der Waals surface area contributed by atoms with Crippen molar-refractivity contribution in [1.82, 2.24) is 10.2 Å². The third-order valence-electron chi connectivity index (χ3n) is 5.73. The van der Waals surface area contributed by atoms with Crippen molar-refractivity contribution in [2.45, 2.75) is 24.4 Å². The zero-order valence-electron chi connectivity index (χ0n) is 14.6. The van der Waals surface area contributed by atoms with Crippen molar-refractivity contribution in [3.63, 3.8) is 0 Å². The van der Waals surface area contributed by atoms with Crippen LogP contribution in [0.3, 0.4) is 0 Å². The maximum Gasteiger partial charge on any atom is 0.250 e. The number of imide groups is 1. The van der Waals surface area contributed by atoms with Crippen LogP contribution < -0.4 is 16.4 Å². The zero-order chi connectivity index (χ0) is 19.3. The number of likely N-dealkylation sites (tertiary alicyclic amines) is 1. The lowest BCUT2D eigenvalue weighted by atomic mass is 9.76. The number of rotatable bonds is 5. The minimum atomic E-state index is -1.33. The molecule has 0 aliphatic carbocycles. The van der Waals surface area contributed by atoms with Crippen molar-refractivity contribution in [2.24, 2.45) is 17.6 Å². The Balaban J connectivity index is 1.83. The minimum absolute atomic E-state index is 0.0587. The van der Waals surface area contributed by atoms with Gasteiger partial charge in [0, 0.05) is 30.3 Å². The van der Waals surface area contributed by atoms with Crippen LogP contribution in [0.15, 0.2) is 36.9 Å². The average molecular weight is 368 g/mol. The maximum absolute atomic E-state index is 13.1. The molecular formula is C19H20N4O4. The molecule has 0 aromatic heterocycles. The molecule has 0 unspecified atom stereocenters. The van der Waals surface area contributed by atoms with Gasteiger partial charge in [-0.1, -0.05) is 24.3 Å². The van der Waals surface area contributed by atoms with Crippen LogP contribution >= 0.6 is 0 Å². The highest BCUT2D eigenvalue weighted by Gasteiger charge is 2.70. The molecule has 27 heavy (non-hydrogen) atoms. The van der Waals surface area contributed by atoms with Crippen LogP contribution in [-0.2, 0) is 24.7 Å². The summed E-state index contributed by atoms with van der Waals surface area (Å²) in [6.45, 7) is 3.69. The van der Waals surface area contributed by atoms with E-state index in [2.05, 4.69) is 17.2 Å². The fourth-order valence-corrected chi connectivity index (χ4v) is 4.67. The number of hydrogen-bond acceptors (Lipinski definition) is 5. The predicted octanol–water partition coefficient (Wildman–Crippen LogP) is -0.141. The molecule has 3 heterocycles. The monoisotopic (exact) mass is 368 g/mol. The molecule has 8 heteroatoms. The Morgan fingerprint density at radius 2 is 2.00 bits per heavy atom. The second kappa shape index (κ2) is 6.02. The highest BCUT2D eigenvalue weighted by atomic mass is 16.2. The molecule has 2 fully saturated rings. The molecule has 2 saturated heterocycles. The van der Waals surface area contributed by atoms with E-state index in [0.29, 0.717) is 11.3 Å². The summed E-state index contributed by atoms with van der Waals surface area (Å²) in [6.07, 6.45) is 1.82. The van der Waals surface area contributed by atoms with Crippen LogP contribution in [0.1, 0.15) is 18.4 Å². The van der Waals surface area contributed by atoms with E-state index in [0.717, 1.165) is 4.90 Å². The van der Waals surface area contributed by atoms with Crippen LogP contribution in [0.5, 0.6) is 0 Å². The fourth-order valence-electron chi connectivity index (χ4n) is 4.67. The molecule has 4 rings (SSSR count). The molecule has 3 aliphatic heterocycles. The molecule has 4 amide bonds. The summed E-state index contributed by atoms with van der Waals surface area (Å²) in [5.41, 5.74) is 5.21. The Morgan fingerprint density at radius 3 is 2.70 bits per heavy atom. The first-order chi connectivity index (χ1) is 12.9. The third kappa shape index (κ3) is 2.26. The molecule has 1 spiro atoms. The SMILES string of the molecule is C=CCN1C(=O)[C@@H]2[C@H](CCC(N)=O)N[C@]3(C(=O)Nc4ccccc43)[C@@H]2C1=O. The number of carbonyl (C=O) groups is 4. The largest absolute Gasteiger partial charge is 0.370 e.